The number of rotatable bonds is 6. The second-order valence-electron chi connectivity index (χ2n) is 4.63. The van der Waals surface area contributed by atoms with E-state index in [2.05, 4.69) is 31.9 Å². The fraction of sp³-hybridized carbons (Fsp3) is 0.500. The first kappa shape index (κ1) is 15.4. The Morgan fingerprint density at radius 1 is 1.50 bits per heavy atom. The van der Waals surface area contributed by atoms with Crippen molar-refractivity contribution in [1.82, 2.24) is 4.90 Å². The molecule has 0 amide bonds. The Labute approximate surface area is 120 Å². The van der Waals surface area contributed by atoms with Crippen LogP contribution < -0.4 is 5.73 Å². The summed E-state index contributed by atoms with van der Waals surface area (Å²) in [6.45, 7) is 4.33. The Hall–Kier alpha value is -0.640. The summed E-state index contributed by atoms with van der Waals surface area (Å²) in [5, 5.41) is 0.773. The van der Waals surface area contributed by atoms with E-state index in [0.29, 0.717) is 17.1 Å². The molecule has 0 spiro atoms. The van der Waals surface area contributed by atoms with Crippen LogP contribution in [0.3, 0.4) is 0 Å². The van der Waals surface area contributed by atoms with Gasteiger partial charge in [0.05, 0.1) is 4.99 Å². The maximum absolute atomic E-state index is 6.03. The first-order valence-corrected chi connectivity index (χ1v) is 7.00. The van der Waals surface area contributed by atoms with Crippen molar-refractivity contribution < 1.29 is 0 Å². The molecule has 0 saturated heterocycles. The average molecular weight is 285 g/mol. The monoisotopic (exact) mass is 284 g/mol. The predicted molar refractivity (Wildman–Crippen MR) is 83.1 cm³/mol. The van der Waals surface area contributed by atoms with Crippen LogP contribution in [-0.2, 0) is 0 Å². The van der Waals surface area contributed by atoms with Gasteiger partial charge in [-0.2, -0.15) is 0 Å². The van der Waals surface area contributed by atoms with E-state index < -0.39 is 0 Å². The van der Waals surface area contributed by atoms with Gasteiger partial charge in [-0.15, -0.1) is 0 Å². The molecule has 0 aromatic heterocycles. The second-order valence-corrected chi connectivity index (χ2v) is 5.59. The summed E-state index contributed by atoms with van der Waals surface area (Å²) < 4.78 is 0. The lowest BCUT2D eigenvalue weighted by Crippen LogP contribution is -2.36. The van der Waals surface area contributed by atoms with Gasteiger partial charge in [0, 0.05) is 23.5 Å². The van der Waals surface area contributed by atoms with Crippen LogP contribution in [0.4, 0.5) is 0 Å². The van der Waals surface area contributed by atoms with Crippen LogP contribution >= 0.6 is 23.8 Å². The Morgan fingerprint density at radius 3 is 2.67 bits per heavy atom. The molecule has 2 nitrogen and oxygen atoms in total. The van der Waals surface area contributed by atoms with Crippen molar-refractivity contribution in [3.8, 4) is 0 Å². The summed E-state index contributed by atoms with van der Waals surface area (Å²) >= 11 is 11.0. The highest BCUT2D eigenvalue weighted by atomic mass is 35.5. The molecule has 0 radical (unpaired) electrons. The van der Waals surface area contributed by atoms with Gasteiger partial charge in [0.25, 0.3) is 0 Å². The van der Waals surface area contributed by atoms with Gasteiger partial charge < -0.3 is 5.73 Å². The second kappa shape index (κ2) is 7.07. The maximum atomic E-state index is 6.03. The SMILES string of the molecule is CCC(CC(N)=S)N(C)C(C)c1cccc(Cl)c1. The molecular weight excluding hydrogens is 264 g/mol. The van der Waals surface area contributed by atoms with Crippen LogP contribution in [0.1, 0.15) is 38.3 Å². The third-order valence-corrected chi connectivity index (χ3v) is 3.83. The van der Waals surface area contributed by atoms with Crippen molar-refractivity contribution in [2.24, 2.45) is 5.73 Å². The summed E-state index contributed by atoms with van der Waals surface area (Å²) in [4.78, 5) is 2.89. The number of nitrogens with two attached hydrogens (primary N) is 1. The summed E-state index contributed by atoms with van der Waals surface area (Å²) in [6, 6.07) is 8.65. The molecule has 0 fully saturated rings. The number of thiocarbonyl (C=S) groups is 1. The van der Waals surface area contributed by atoms with Crippen LogP contribution in [0, 0.1) is 0 Å². The van der Waals surface area contributed by atoms with E-state index in [1.807, 2.05) is 18.2 Å². The van der Waals surface area contributed by atoms with Crippen LogP contribution in [0.25, 0.3) is 0 Å². The van der Waals surface area contributed by atoms with Gasteiger partial charge in [0.1, 0.15) is 0 Å². The molecule has 100 valence electrons. The lowest BCUT2D eigenvalue weighted by atomic mass is 10.0. The Kier molecular flexibility index (Phi) is 6.06. The molecule has 4 heteroatoms. The summed E-state index contributed by atoms with van der Waals surface area (Å²) in [7, 11) is 2.11. The van der Waals surface area contributed by atoms with Crippen molar-refractivity contribution in [3.63, 3.8) is 0 Å². The average Bonchev–Trinajstić information content (AvgIpc) is 2.34. The molecule has 1 rings (SSSR count). The Morgan fingerprint density at radius 2 is 2.17 bits per heavy atom. The fourth-order valence-corrected chi connectivity index (χ4v) is 2.52. The van der Waals surface area contributed by atoms with Crippen molar-refractivity contribution in [1.29, 1.82) is 0 Å². The normalized spacial score (nSPS) is 14.5. The summed E-state index contributed by atoms with van der Waals surface area (Å²) in [5.41, 5.74) is 6.87. The van der Waals surface area contributed by atoms with E-state index >= 15 is 0 Å². The highest BCUT2D eigenvalue weighted by Gasteiger charge is 2.20. The Bertz CT molecular complexity index is 409. The third-order valence-electron chi connectivity index (χ3n) is 3.43. The molecule has 1 aromatic rings. The van der Waals surface area contributed by atoms with Gasteiger partial charge in [-0.25, -0.2) is 0 Å². The van der Waals surface area contributed by atoms with Gasteiger partial charge in [-0.3, -0.25) is 4.90 Å². The van der Waals surface area contributed by atoms with Gasteiger partial charge in [-0.05, 0) is 38.1 Å². The van der Waals surface area contributed by atoms with E-state index in [9.17, 15) is 0 Å². The number of hydrogen-bond donors (Lipinski definition) is 1. The molecule has 2 atom stereocenters. The van der Waals surface area contributed by atoms with Crippen LogP contribution in [0.2, 0.25) is 5.02 Å². The predicted octanol–water partition coefficient (Wildman–Crippen LogP) is 3.79. The third kappa shape index (κ3) is 4.23. The fourth-order valence-electron chi connectivity index (χ4n) is 2.13. The first-order chi connectivity index (χ1) is 8.45. The highest BCUT2D eigenvalue weighted by molar-refractivity contribution is 7.80. The van der Waals surface area contributed by atoms with E-state index in [1.165, 1.54) is 5.56 Å². The number of nitrogens with zero attached hydrogens (tertiary/aromatic N) is 1. The van der Waals surface area contributed by atoms with Crippen molar-refractivity contribution in [2.75, 3.05) is 7.05 Å². The Balaban J connectivity index is 2.81. The van der Waals surface area contributed by atoms with Gasteiger partial charge >= 0.3 is 0 Å². The quantitative estimate of drug-likeness (QED) is 0.806. The molecule has 18 heavy (non-hydrogen) atoms. The van der Waals surface area contributed by atoms with E-state index in [0.717, 1.165) is 17.9 Å². The molecule has 0 saturated carbocycles. The number of benzene rings is 1. The summed E-state index contributed by atoms with van der Waals surface area (Å²) in [6.07, 6.45) is 1.78. The lowest BCUT2D eigenvalue weighted by molar-refractivity contribution is 0.184. The van der Waals surface area contributed by atoms with E-state index in [-0.39, 0.29) is 0 Å². The van der Waals surface area contributed by atoms with Crippen molar-refractivity contribution in [3.05, 3.63) is 34.9 Å². The molecule has 2 unspecified atom stereocenters. The molecule has 0 bridgehead atoms. The number of halogens is 1. The minimum absolute atomic E-state index is 0.294. The highest BCUT2D eigenvalue weighted by Crippen LogP contribution is 2.25. The standard InChI is InChI=1S/C14H21ClN2S/c1-4-13(9-14(16)18)17(3)10(2)11-6-5-7-12(15)8-11/h5-8,10,13H,4,9H2,1-3H3,(H2,16,18). The smallest absolute Gasteiger partial charge is 0.0743 e. The maximum Gasteiger partial charge on any atom is 0.0743 e. The topological polar surface area (TPSA) is 29.3 Å². The molecule has 1 aromatic carbocycles. The molecular formula is C14H21ClN2S. The zero-order chi connectivity index (χ0) is 13.7. The van der Waals surface area contributed by atoms with Crippen molar-refractivity contribution in [2.45, 2.75) is 38.8 Å². The zero-order valence-electron chi connectivity index (χ0n) is 11.2. The van der Waals surface area contributed by atoms with Gasteiger partial charge in [0.2, 0.25) is 0 Å². The van der Waals surface area contributed by atoms with Gasteiger partial charge in [-0.1, -0.05) is 42.9 Å². The van der Waals surface area contributed by atoms with E-state index in [1.54, 1.807) is 0 Å². The molecule has 2 N–H and O–H groups in total. The first-order valence-electron chi connectivity index (χ1n) is 6.21. The lowest BCUT2D eigenvalue weighted by Gasteiger charge is -2.32. The molecule has 0 aliphatic carbocycles. The molecule has 0 aliphatic heterocycles. The minimum atomic E-state index is 0.294. The van der Waals surface area contributed by atoms with Crippen LogP contribution in [-0.4, -0.2) is 23.0 Å². The molecule has 0 heterocycles. The summed E-state index contributed by atoms with van der Waals surface area (Å²) in [5.74, 6) is 0. The van der Waals surface area contributed by atoms with Crippen molar-refractivity contribution >= 4 is 28.8 Å². The van der Waals surface area contributed by atoms with Crippen LogP contribution in [0.5, 0.6) is 0 Å². The number of hydrogen-bond acceptors (Lipinski definition) is 2. The minimum Gasteiger partial charge on any atom is -0.393 e. The van der Waals surface area contributed by atoms with Crippen LogP contribution in [0.15, 0.2) is 24.3 Å². The van der Waals surface area contributed by atoms with E-state index in [4.69, 9.17) is 29.6 Å². The zero-order valence-corrected chi connectivity index (χ0v) is 12.8. The van der Waals surface area contributed by atoms with Gasteiger partial charge in [0.15, 0.2) is 0 Å². The molecule has 0 aliphatic rings. The largest absolute Gasteiger partial charge is 0.393 e.